The van der Waals surface area contributed by atoms with Gasteiger partial charge >= 0.3 is 0 Å². The van der Waals surface area contributed by atoms with Gasteiger partial charge in [-0.3, -0.25) is 9.59 Å². The molecule has 0 saturated heterocycles. The first-order valence-electron chi connectivity index (χ1n) is 12.6. The zero-order chi connectivity index (χ0) is 25.8. The van der Waals surface area contributed by atoms with E-state index >= 15 is 0 Å². The lowest BCUT2D eigenvalue weighted by atomic mass is 9.89. The molecule has 1 heterocycles. The van der Waals surface area contributed by atoms with E-state index in [1.807, 2.05) is 96.8 Å². The normalized spacial score (nSPS) is 16.6. The Morgan fingerprint density at radius 2 is 1.46 bits per heavy atom. The smallest absolute Gasteiger partial charge is 0.258 e. The van der Waals surface area contributed by atoms with Gasteiger partial charge in [-0.1, -0.05) is 66.7 Å². The van der Waals surface area contributed by atoms with Crippen LogP contribution < -0.4 is 9.80 Å². The van der Waals surface area contributed by atoms with E-state index in [0.717, 1.165) is 22.5 Å². The van der Waals surface area contributed by atoms with Crippen LogP contribution in [0.15, 0.2) is 109 Å². The van der Waals surface area contributed by atoms with Crippen molar-refractivity contribution in [2.45, 2.75) is 38.3 Å². The molecule has 0 N–H and O–H groups in total. The molecule has 0 saturated carbocycles. The summed E-state index contributed by atoms with van der Waals surface area (Å²) in [5.74, 6) is -0.517. The Morgan fingerprint density at radius 3 is 2.16 bits per heavy atom. The average molecular weight is 493 g/mol. The Morgan fingerprint density at radius 1 is 0.838 bits per heavy atom. The van der Waals surface area contributed by atoms with Gasteiger partial charge in [-0.25, -0.2) is 4.39 Å². The second-order valence-corrected chi connectivity index (χ2v) is 9.43. The number of hydrogen-bond donors (Lipinski definition) is 0. The summed E-state index contributed by atoms with van der Waals surface area (Å²) >= 11 is 0. The summed E-state index contributed by atoms with van der Waals surface area (Å²) in [6.07, 6.45) is 1.61. The molecular weight excluding hydrogens is 463 g/mol. The van der Waals surface area contributed by atoms with Crippen molar-refractivity contribution in [3.05, 3.63) is 132 Å². The predicted octanol–water partition coefficient (Wildman–Crippen LogP) is 6.97. The summed E-state index contributed by atoms with van der Waals surface area (Å²) in [6.45, 7) is 2.00. The lowest BCUT2D eigenvalue weighted by molar-refractivity contribution is -0.119. The molecule has 5 rings (SSSR count). The van der Waals surface area contributed by atoms with Crippen LogP contribution in [0.3, 0.4) is 0 Å². The Labute approximate surface area is 217 Å². The van der Waals surface area contributed by atoms with Gasteiger partial charge in [-0.2, -0.15) is 0 Å². The standard InChI is InChI=1S/C32H29FN2O2/c1-23-22-30(28-14-8-9-15-29(28)34(23)32(37)25-17-19-26(33)20-18-25)35(27-12-6-3-7-13-27)31(36)21-16-24-10-4-2-5-11-24/h2-15,17-20,23,30H,16,21-22H2,1H3. The minimum atomic E-state index is -0.378. The van der Waals surface area contributed by atoms with Crippen molar-refractivity contribution < 1.29 is 14.0 Å². The summed E-state index contributed by atoms with van der Waals surface area (Å²) in [7, 11) is 0. The van der Waals surface area contributed by atoms with Crippen LogP contribution in [0.25, 0.3) is 0 Å². The number of hydrogen-bond acceptors (Lipinski definition) is 2. The summed E-state index contributed by atoms with van der Waals surface area (Å²) < 4.78 is 13.5. The van der Waals surface area contributed by atoms with E-state index in [-0.39, 0.29) is 29.7 Å². The third-order valence-corrected chi connectivity index (χ3v) is 6.96. The van der Waals surface area contributed by atoms with Gasteiger partial charge < -0.3 is 9.80 Å². The van der Waals surface area contributed by atoms with Gasteiger partial charge in [0, 0.05) is 29.4 Å². The first-order valence-corrected chi connectivity index (χ1v) is 12.6. The second kappa shape index (κ2) is 10.8. The maximum absolute atomic E-state index is 13.8. The van der Waals surface area contributed by atoms with Crippen molar-refractivity contribution >= 4 is 23.2 Å². The minimum absolute atomic E-state index is 0.0420. The monoisotopic (exact) mass is 492 g/mol. The molecule has 186 valence electrons. The highest BCUT2D eigenvalue weighted by atomic mass is 19.1. The number of halogens is 1. The SMILES string of the molecule is CC1CC(N(C(=O)CCc2ccccc2)c2ccccc2)c2ccccc2N1C(=O)c1ccc(F)cc1. The van der Waals surface area contributed by atoms with Crippen LogP contribution in [0.5, 0.6) is 0 Å². The second-order valence-electron chi connectivity index (χ2n) is 9.43. The molecule has 0 aromatic heterocycles. The van der Waals surface area contributed by atoms with Crippen LogP contribution in [0.2, 0.25) is 0 Å². The van der Waals surface area contributed by atoms with E-state index in [1.165, 1.54) is 24.3 Å². The van der Waals surface area contributed by atoms with E-state index in [4.69, 9.17) is 0 Å². The van der Waals surface area contributed by atoms with E-state index < -0.39 is 0 Å². The Bertz CT molecular complexity index is 1370. The third-order valence-electron chi connectivity index (χ3n) is 6.96. The van der Waals surface area contributed by atoms with Gasteiger partial charge in [0.15, 0.2) is 0 Å². The fourth-order valence-electron chi connectivity index (χ4n) is 5.17. The fourth-order valence-corrected chi connectivity index (χ4v) is 5.17. The molecule has 2 amide bonds. The number of amides is 2. The van der Waals surface area contributed by atoms with Gasteiger partial charge in [-0.15, -0.1) is 0 Å². The van der Waals surface area contributed by atoms with Gasteiger partial charge in [0.05, 0.1) is 6.04 Å². The van der Waals surface area contributed by atoms with Gasteiger partial charge in [0.1, 0.15) is 5.82 Å². The zero-order valence-electron chi connectivity index (χ0n) is 20.8. The van der Waals surface area contributed by atoms with E-state index in [9.17, 15) is 14.0 Å². The highest BCUT2D eigenvalue weighted by molar-refractivity contribution is 6.07. The molecule has 0 fully saturated rings. The van der Waals surface area contributed by atoms with Crippen LogP contribution in [0, 0.1) is 5.82 Å². The number of aryl methyl sites for hydroxylation is 1. The lowest BCUT2D eigenvalue weighted by Crippen LogP contribution is -2.47. The number of carbonyl (C=O) groups is 2. The van der Waals surface area contributed by atoms with Gasteiger partial charge in [0.25, 0.3) is 5.91 Å². The van der Waals surface area contributed by atoms with E-state index in [1.54, 1.807) is 4.90 Å². The minimum Gasteiger partial charge on any atom is -0.305 e. The number of benzene rings is 4. The van der Waals surface area contributed by atoms with Crippen molar-refractivity contribution in [3.63, 3.8) is 0 Å². The van der Waals surface area contributed by atoms with Crippen molar-refractivity contribution in [2.24, 2.45) is 0 Å². The number of para-hydroxylation sites is 2. The van der Waals surface area contributed by atoms with Crippen molar-refractivity contribution in [1.29, 1.82) is 0 Å². The van der Waals surface area contributed by atoms with Crippen LogP contribution in [-0.2, 0) is 11.2 Å². The van der Waals surface area contributed by atoms with Crippen molar-refractivity contribution in [1.82, 2.24) is 0 Å². The molecule has 0 aliphatic carbocycles. The maximum atomic E-state index is 13.8. The fraction of sp³-hybridized carbons (Fsp3) is 0.188. The molecule has 5 heteroatoms. The number of anilines is 2. The topological polar surface area (TPSA) is 40.6 Å². The summed E-state index contributed by atoms with van der Waals surface area (Å²) in [4.78, 5) is 31.0. The molecule has 1 aliphatic rings. The first-order chi connectivity index (χ1) is 18.0. The molecular formula is C32H29FN2O2. The van der Waals surface area contributed by atoms with Gasteiger partial charge in [-0.05, 0) is 73.4 Å². The van der Waals surface area contributed by atoms with Crippen LogP contribution in [-0.4, -0.2) is 17.9 Å². The molecule has 2 atom stereocenters. The molecule has 0 radical (unpaired) electrons. The quantitative estimate of drug-likeness (QED) is 0.292. The van der Waals surface area contributed by atoms with Crippen LogP contribution >= 0.6 is 0 Å². The number of carbonyl (C=O) groups excluding carboxylic acids is 2. The molecule has 4 aromatic rings. The summed E-state index contributed by atoms with van der Waals surface area (Å²) in [5, 5.41) is 0. The lowest BCUT2D eigenvalue weighted by Gasteiger charge is -2.43. The zero-order valence-corrected chi connectivity index (χ0v) is 20.8. The summed E-state index contributed by atoms with van der Waals surface area (Å²) in [5.41, 5.74) is 4.09. The predicted molar refractivity (Wildman–Crippen MR) is 145 cm³/mol. The molecule has 4 nitrogen and oxygen atoms in total. The largest absolute Gasteiger partial charge is 0.305 e. The maximum Gasteiger partial charge on any atom is 0.258 e. The number of fused-ring (bicyclic) bond motifs is 1. The average Bonchev–Trinajstić information content (AvgIpc) is 2.93. The molecule has 1 aliphatic heterocycles. The first kappa shape index (κ1) is 24.4. The molecule has 0 bridgehead atoms. The van der Waals surface area contributed by atoms with E-state index in [0.29, 0.717) is 24.8 Å². The Kier molecular flexibility index (Phi) is 7.13. The molecule has 0 spiro atoms. The Balaban J connectivity index is 1.50. The highest BCUT2D eigenvalue weighted by Crippen LogP contribution is 2.43. The summed E-state index contributed by atoms with van der Waals surface area (Å²) in [6, 6.07) is 32.8. The van der Waals surface area contributed by atoms with Crippen LogP contribution in [0.1, 0.15) is 47.3 Å². The molecule has 4 aromatic carbocycles. The Hall–Kier alpha value is -4.25. The van der Waals surface area contributed by atoms with Crippen molar-refractivity contribution in [3.8, 4) is 0 Å². The molecule has 37 heavy (non-hydrogen) atoms. The third kappa shape index (κ3) is 5.17. The van der Waals surface area contributed by atoms with Crippen molar-refractivity contribution in [2.75, 3.05) is 9.80 Å². The van der Waals surface area contributed by atoms with E-state index in [2.05, 4.69) is 0 Å². The van der Waals surface area contributed by atoms with Crippen LogP contribution in [0.4, 0.5) is 15.8 Å². The molecule has 2 unspecified atom stereocenters. The number of nitrogens with zero attached hydrogens (tertiary/aromatic N) is 2. The highest BCUT2D eigenvalue weighted by Gasteiger charge is 2.38. The van der Waals surface area contributed by atoms with Gasteiger partial charge in [0.2, 0.25) is 5.91 Å². The number of rotatable bonds is 6.